The maximum absolute atomic E-state index is 13.5. The molecule has 1 unspecified atom stereocenters. The van der Waals surface area contributed by atoms with Crippen LogP contribution in [0.5, 0.6) is 0 Å². The Kier molecular flexibility index (Phi) is 11.2. The third kappa shape index (κ3) is 8.34. The molecule has 9 heteroatoms. The second-order valence-electron chi connectivity index (χ2n) is 8.27. The van der Waals surface area contributed by atoms with E-state index in [-0.39, 0.29) is 38.4 Å². The summed E-state index contributed by atoms with van der Waals surface area (Å²) in [5, 5.41) is 2.13. The van der Waals surface area contributed by atoms with Crippen LogP contribution in [0.4, 0.5) is 9.59 Å². The first-order valence-corrected chi connectivity index (χ1v) is 13.4. The molecule has 200 valence electrons. The third-order valence-electron chi connectivity index (χ3n) is 5.58. The zero-order chi connectivity index (χ0) is 27.3. The number of thioether (sulfide) groups is 1. The van der Waals surface area contributed by atoms with E-state index in [1.807, 2.05) is 72.8 Å². The number of esters is 1. The Hall–Kier alpha value is -3.85. The maximum Gasteiger partial charge on any atom is 0.426 e. The standard InChI is InChI=1S/C29H31NO7S/c1-3-35-28(33)30(29(34)36-4-2)27(32)24(15-17-26(31)37-19-21-10-6-5-7-11-21)20-38-25-16-14-22-12-8-9-13-23(22)18-25/h5-14,16,18,24H,3-4,15,17,19-20H2,1-2H3. The molecule has 3 amide bonds. The predicted octanol–water partition coefficient (Wildman–Crippen LogP) is 6.21. The fourth-order valence-electron chi connectivity index (χ4n) is 3.65. The van der Waals surface area contributed by atoms with Gasteiger partial charge in [-0.1, -0.05) is 60.7 Å². The molecule has 0 N–H and O–H groups in total. The second kappa shape index (κ2) is 14.8. The lowest BCUT2D eigenvalue weighted by Gasteiger charge is -2.23. The molecule has 0 aliphatic rings. The average Bonchev–Trinajstić information content (AvgIpc) is 2.92. The highest BCUT2D eigenvalue weighted by atomic mass is 32.2. The highest BCUT2D eigenvalue weighted by Gasteiger charge is 2.36. The fourth-order valence-corrected chi connectivity index (χ4v) is 4.72. The molecule has 0 aliphatic carbocycles. The van der Waals surface area contributed by atoms with Gasteiger partial charge >= 0.3 is 18.2 Å². The number of nitrogens with zero attached hydrogens (tertiary/aromatic N) is 1. The molecular formula is C29H31NO7S. The monoisotopic (exact) mass is 537 g/mol. The molecule has 8 nitrogen and oxygen atoms in total. The number of fused-ring (bicyclic) bond motifs is 1. The Bertz CT molecular complexity index is 1230. The summed E-state index contributed by atoms with van der Waals surface area (Å²) in [7, 11) is 0. The van der Waals surface area contributed by atoms with Crippen LogP contribution in [0.25, 0.3) is 10.8 Å². The van der Waals surface area contributed by atoms with Crippen LogP contribution in [0.3, 0.4) is 0 Å². The summed E-state index contributed by atoms with van der Waals surface area (Å²) < 4.78 is 15.2. The summed E-state index contributed by atoms with van der Waals surface area (Å²) in [6.07, 6.45) is -2.21. The van der Waals surface area contributed by atoms with Gasteiger partial charge in [0.25, 0.3) is 0 Å². The van der Waals surface area contributed by atoms with Gasteiger partial charge in [-0.3, -0.25) is 9.59 Å². The zero-order valence-corrected chi connectivity index (χ0v) is 22.3. The molecular weight excluding hydrogens is 506 g/mol. The maximum atomic E-state index is 13.5. The topological polar surface area (TPSA) is 99.2 Å². The third-order valence-corrected chi connectivity index (χ3v) is 6.74. The molecule has 0 saturated carbocycles. The molecule has 3 aromatic carbocycles. The Morgan fingerprint density at radius 3 is 2.08 bits per heavy atom. The van der Waals surface area contributed by atoms with Gasteiger partial charge in [-0.2, -0.15) is 0 Å². The van der Waals surface area contributed by atoms with Crippen LogP contribution in [-0.4, -0.2) is 47.9 Å². The quantitative estimate of drug-likeness (QED) is 0.162. The number of carbonyl (C=O) groups excluding carboxylic acids is 4. The van der Waals surface area contributed by atoms with E-state index in [1.165, 1.54) is 11.8 Å². The lowest BCUT2D eigenvalue weighted by molar-refractivity contribution is -0.145. The summed E-state index contributed by atoms with van der Waals surface area (Å²) in [6, 6.07) is 23.1. The van der Waals surface area contributed by atoms with Crippen molar-refractivity contribution in [3.8, 4) is 0 Å². The Morgan fingerprint density at radius 1 is 0.789 bits per heavy atom. The number of hydrogen-bond donors (Lipinski definition) is 0. The van der Waals surface area contributed by atoms with Crippen LogP contribution in [0.2, 0.25) is 0 Å². The average molecular weight is 538 g/mol. The summed E-state index contributed by atoms with van der Waals surface area (Å²) in [4.78, 5) is 52.2. The summed E-state index contributed by atoms with van der Waals surface area (Å²) in [5.41, 5.74) is 0.844. The molecule has 0 saturated heterocycles. The van der Waals surface area contributed by atoms with E-state index in [1.54, 1.807) is 13.8 Å². The minimum absolute atomic E-state index is 0.0235. The van der Waals surface area contributed by atoms with E-state index in [4.69, 9.17) is 14.2 Å². The van der Waals surface area contributed by atoms with Crippen LogP contribution in [-0.2, 0) is 30.4 Å². The lowest BCUT2D eigenvalue weighted by atomic mass is 10.0. The van der Waals surface area contributed by atoms with Crippen molar-refractivity contribution in [1.82, 2.24) is 4.90 Å². The number of imide groups is 3. The van der Waals surface area contributed by atoms with Crippen LogP contribution < -0.4 is 0 Å². The van der Waals surface area contributed by atoms with Crippen molar-refractivity contribution in [2.24, 2.45) is 5.92 Å². The number of amides is 3. The van der Waals surface area contributed by atoms with Gasteiger partial charge in [0.1, 0.15) is 6.61 Å². The van der Waals surface area contributed by atoms with Crippen LogP contribution >= 0.6 is 11.8 Å². The Balaban J connectivity index is 1.74. The van der Waals surface area contributed by atoms with E-state index >= 15 is 0 Å². The van der Waals surface area contributed by atoms with Crippen molar-refractivity contribution in [2.45, 2.75) is 38.2 Å². The van der Waals surface area contributed by atoms with Crippen molar-refractivity contribution < 1.29 is 33.4 Å². The van der Waals surface area contributed by atoms with Crippen molar-refractivity contribution >= 4 is 46.6 Å². The van der Waals surface area contributed by atoms with E-state index in [9.17, 15) is 19.2 Å². The fraction of sp³-hybridized carbons (Fsp3) is 0.310. The minimum atomic E-state index is -1.11. The van der Waals surface area contributed by atoms with Gasteiger partial charge in [0, 0.05) is 23.0 Å². The molecule has 3 rings (SSSR count). The highest BCUT2D eigenvalue weighted by Crippen LogP contribution is 2.28. The summed E-state index contributed by atoms with van der Waals surface area (Å²) in [5.74, 6) is -1.91. The van der Waals surface area contributed by atoms with Crippen LogP contribution in [0.15, 0.2) is 77.7 Å². The summed E-state index contributed by atoms with van der Waals surface area (Å²) >= 11 is 1.40. The number of carbonyl (C=O) groups is 4. The molecule has 1 atom stereocenters. The van der Waals surface area contributed by atoms with Crippen LogP contribution in [0.1, 0.15) is 32.3 Å². The second-order valence-corrected chi connectivity index (χ2v) is 9.37. The van der Waals surface area contributed by atoms with E-state index in [0.29, 0.717) is 4.90 Å². The van der Waals surface area contributed by atoms with Gasteiger partial charge in [-0.15, -0.1) is 16.7 Å². The SMILES string of the molecule is CCOC(=O)N(C(=O)OCC)C(=O)C(CCC(=O)OCc1ccccc1)CSc1ccc2ccccc2c1. The van der Waals surface area contributed by atoms with Gasteiger partial charge in [0.2, 0.25) is 5.91 Å². The largest absolute Gasteiger partial charge is 0.461 e. The van der Waals surface area contributed by atoms with Gasteiger partial charge in [-0.05, 0) is 48.7 Å². The molecule has 0 aromatic heterocycles. The van der Waals surface area contributed by atoms with Crippen molar-refractivity contribution in [3.63, 3.8) is 0 Å². The molecule has 3 aromatic rings. The predicted molar refractivity (Wildman–Crippen MR) is 145 cm³/mol. The van der Waals surface area contributed by atoms with Crippen molar-refractivity contribution in [2.75, 3.05) is 19.0 Å². The molecule has 0 radical (unpaired) electrons. The molecule has 0 bridgehead atoms. The normalized spacial score (nSPS) is 11.4. The van der Waals surface area contributed by atoms with Gasteiger partial charge < -0.3 is 14.2 Å². The smallest absolute Gasteiger partial charge is 0.426 e. The highest BCUT2D eigenvalue weighted by molar-refractivity contribution is 7.99. The van der Waals surface area contributed by atoms with Crippen molar-refractivity contribution in [3.05, 3.63) is 78.4 Å². The molecule has 38 heavy (non-hydrogen) atoms. The molecule has 0 spiro atoms. The number of rotatable bonds is 11. The van der Waals surface area contributed by atoms with E-state index < -0.39 is 30.0 Å². The van der Waals surface area contributed by atoms with Gasteiger partial charge in [0.15, 0.2) is 0 Å². The first-order valence-electron chi connectivity index (χ1n) is 12.4. The molecule has 0 aliphatic heterocycles. The first-order chi connectivity index (χ1) is 18.4. The minimum Gasteiger partial charge on any atom is -0.461 e. The summed E-state index contributed by atoms with van der Waals surface area (Å²) in [6.45, 7) is 3.21. The van der Waals surface area contributed by atoms with E-state index in [0.717, 1.165) is 21.2 Å². The number of hydrogen-bond acceptors (Lipinski definition) is 8. The van der Waals surface area contributed by atoms with E-state index in [2.05, 4.69) is 0 Å². The van der Waals surface area contributed by atoms with Crippen molar-refractivity contribution in [1.29, 1.82) is 0 Å². The van der Waals surface area contributed by atoms with Crippen LogP contribution in [0, 0.1) is 5.92 Å². The molecule has 0 heterocycles. The van der Waals surface area contributed by atoms with Gasteiger partial charge in [-0.25, -0.2) is 9.59 Å². The Morgan fingerprint density at radius 2 is 1.42 bits per heavy atom. The molecule has 0 fully saturated rings. The number of ether oxygens (including phenoxy) is 3. The first kappa shape index (κ1) is 28.7. The Labute approximate surface area is 226 Å². The lowest BCUT2D eigenvalue weighted by Crippen LogP contribution is -2.46. The van der Waals surface area contributed by atoms with Gasteiger partial charge in [0.05, 0.1) is 13.2 Å². The number of benzene rings is 3. The zero-order valence-electron chi connectivity index (χ0n) is 21.5.